The van der Waals surface area contributed by atoms with Crippen LogP contribution < -0.4 is 4.74 Å². The Balaban J connectivity index is 1.94. The smallest absolute Gasteiger partial charge is 0.182 e. The quantitative estimate of drug-likeness (QED) is 0.334. The largest absolute Gasteiger partial charge is 0.507 e. The monoisotopic (exact) mass is 570 g/mol. The Morgan fingerprint density at radius 1 is 1.11 bits per heavy atom. The van der Waals surface area contributed by atoms with E-state index in [0.717, 1.165) is 54.1 Å². The molecule has 0 aliphatic carbocycles. The number of aromatic hydroxyl groups is 1. The van der Waals surface area contributed by atoms with Gasteiger partial charge < -0.3 is 14.7 Å². The molecule has 2 aromatic carbocycles. The van der Waals surface area contributed by atoms with Crippen LogP contribution >= 0.6 is 16.1 Å². The van der Waals surface area contributed by atoms with Crippen molar-refractivity contribution in [2.45, 2.75) is 78.6 Å². The van der Waals surface area contributed by atoms with Crippen LogP contribution in [0.15, 0.2) is 40.4 Å². The van der Waals surface area contributed by atoms with E-state index >= 15 is 0 Å². The number of methoxy groups -OCH3 is 1. The van der Waals surface area contributed by atoms with Crippen LogP contribution in [0.4, 0.5) is 0 Å². The van der Waals surface area contributed by atoms with Gasteiger partial charge in [-0.2, -0.15) is 4.02 Å². The van der Waals surface area contributed by atoms with Crippen molar-refractivity contribution in [3.05, 3.63) is 58.7 Å². The average Bonchev–Trinajstić information content (AvgIpc) is 3.13. The number of benzene rings is 2. The minimum atomic E-state index is -0.289. The van der Waals surface area contributed by atoms with Gasteiger partial charge in [-0.1, -0.05) is 73.1 Å². The molecule has 1 N–H and O–H groups in total. The third-order valence-electron chi connectivity index (χ3n) is 7.44. The van der Waals surface area contributed by atoms with E-state index in [2.05, 4.69) is 79.6 Å². The Hall–Kier alpha value is -2.34. The molecule has 1 aliphatic heterocycles. The van der Waals surface area contributed by atoms with Gasteiger partial charge in [-0.25, -0.2) is 0 Å². The van der Waals surface area contributed by atoms with Crippen molar-refractivity contribution < 1.29 is 14.6 Å². The first-order valence-electron chi connectivity index (χ1n) is 13.3. The topological polar surface area (TPSA) is 62.1 Å². The van der Waals surface area contributed by atoms with E-state index in [0.29, 0.717) is 17.2 Å². The molecule has 2 atom stereocenters. The van der Waals surface area contributed by atoms with Crippen LogP contribution in [-0.4, -0.2) is 41.8 Å². The summed E-state index contributed by atoms with van der Waals surface area (Å²) in [6, 6.07) is 11.9. The second-order valence-electron chi connectivity index (χ2n) is 12.3. The molecule has 0 aromatic heterocycles. The Morgan fingerprint density at radius 3 is 2.22 bits per heavy atom. The van der Waals surface area contributed by atoms with Crippen LogP contribution in [0.2, 0.25) is 0 Å². The molecule has 6 heteroatoms. The number of para-hydroxylation sites is 1. The molecule has 0 unspecified atom stereocenters. The number of amidine groups is 1. The first-order chi connectivity index (χ1) is 17.3. The third kappa shape index (κ3) is 6.57. The molecule has 1 fully saturated rings. The van der Waals surface area contributed by atoms with E-state index in [4.69, 9.17) is 4.74 Å². The van der Waals surface area contributed by atoms with Gasteiger partial charge in [0.25, 0.3) is 0 Å². The fraction of sp³-hybridized carbons (Fsp3) is 0.548. The van der Waals surface area contributed by atoms with Crippen LogP contribution in [0.1, 0.15) is 88.4 Å². The fourth-order valence-electron chi connectivity index (χ4n) is 5.44. The zero-order valence-electron chi connectivity index (χ0n) is 23.7. The Labute approximate surface area is 231 Å². The second-order valence-corrected chi connectivity index (χ2v) is 12.7. The normalized spacial score (nSPS) is 19.5. The summed E-state index contributed by atoms with van der Waals surface area (Å²) in [4.78, 5) is 15.9. The van der Waals surface area contributed by atoms with Crippen molar-refractivity contribution in [3.63, 3.8) is 0 Å². The molecule has 0 bridgehead atoms. The summed E-state index contributed by atoms with van der Waals surface area (Å²) in [5.74, 6) is 2.73. The molecule has 0 amide bonds. The number of nitrogens with zero attached hydrogens (tertiary/aromatic N) is 2. The molecule has 0 saturated carbocycles. The number of hydrogen-bond acceptors (Lipinski definition) is 4. The van der Waals surface area contributed by atoms with Crippen molar-refractivity contribution >= 4 is 27.8 Å². The number of likely N-dealkylation sites (tertiary alicyclic amines) is 1. The molecule has 37 heavy (non-hydrogen) atoms. The summed E-state index contributed by atoms with van der Waals surface area (Å²) in [5, 5.41) is 11.1. The standard InChI is InChI=1S/C31H43BrN2O3/c1-9-12-21-18-34(29(33-32)23(21)15-20-13-10-11-14-27(20)37-8)19-26(35)22-16-24(30(2,3)4)28(36)25(17-22)31(5,6)7/h10-11,13-14,16-17,21,23,36H,9,12,15,18-19H2,1-8H3/t21-,23+/m0/s1. The number of phenols is 1. The summed E-state index contributed by atoms with van der Waals surface area (Å²) >= 11 is 3.39. The van der Waals surface area contributed by atoms with E-state index in [1.54, 1.807) is 7.11 Å². The molecule has 5 nitrogen and oxygen atoms in total. The zero-order chi connectivity index (χ0) is 27.5. The van der Waals surface area contributed by atoms with Gasteiger partial charge in [0.2, 0.25) is 0 Å². The maximum absolute atomic E-state index is 13.7. The van der Waals surface area contributed by atoms with Crippen molar-refractivity contribution in [1.29, 1.82) is 0 Å². The lowest BCUT2D eigenvalue weighted by Gasteiger charge is -2.28. The summed E-state index contributed by atoms with van der Waals surface area (Å²) in [7, 11) is 1.71. The van der Waals surface area contributed by atoms with Crippen LogP contribution in [0.3, 0.4) is 0 Å². The summed E-state index contributed by atoms with van der Waals surface area (Å²) in [6.45, 7) is 15.6. The number of ketones is 1. The van der Waals surface area contributed by atoms with Crippen LogP contribution in [0, 0.1) is 11.8 Å². The number of Topliss-reactive ketones (excluding diaryl/α,β-unsaturated/α-hetero) is 1. The lowest BCUT2D eigenvalue weighted by atomic mass is 9.78. The van der Waals surface area contributed by atoms with E-state index in [1.165, 1.54) is 0 Å². The molecule has 0 radical (unpaired) electrons. The second kappa shape index (κ2) is 11.6. The van der Waals surface area contributed by atoms with E-state index in [9.17, 15) is 9.90 Å². The Kier molecular flexibility index (Phi) is 9.15. The van der Waals surface area contributed by atoms with Gasteiger partial charge in [-0.3, -0.25) is 4.79 Å². The first-order valence-corrected chi connectivity index (χ1v) is 14.0. The summed E-state index contributed by atoms with van der Waals surface area (Å²) in [5.41, 5.74) is 2.82. The maximum Gasteiger partial charge on any atom is 0.182 e. The van der Waals surface area contributed by atoms with Crippen molar-refractivity contribution in [1.82, 2.24) is 4.90 Å². The highest BCUT2D eigenvalue weighted by molar-refractivity contribution is 9.08. The third-order valence-corrected chi connectivity index (χ3v) is 7.80. The number of phenolic OH excluding ortho intramolecular Hbond substituents is 1. The zero-order valence-corrected chi connectivity index (χ0v) is 25.3. The Bertz CT molecular complexity index is 1110. The highest BCUT2D eigenvalue weighted by Gasteiger charge is 2.39. The van der Waals surface area contributed by atoms with Crippen molar-refractivity contribution in [2.75, 3.05) is 20.2 Å². The predicted molar refractivity (Wildman–Crippen MR) is 156 cm³/mol. The van der Waals surface area contributed by atoms with Crippen LogP contribution in [-0.2, 0) is 17.3 Å². The van der Waals surface area contributed by atoms with E-state index in [1.807, 2.05) is 30.3 Å². The molecule has 0 spiro atoms. The molecule has 2 aromatic rings. The molecular formula is C31H43BrN2O3. The molecule has 3 rings (SSSR count). The molecule has 1 heterocycles. The highest BCUT2D eigenvalue weighted by atomic mass is 79.9. The van der Waals surface area contributed by atoms with E-state index in [-0.39, 0.29) is 29.1 Å². The number of hydrogen-bond donors (Lipinski definition) is 1. The van der Waals surface area contributed by atoms with Gasteiger partial charge in [0.1, 0.15) is 17.3 Å². The lowest BCUT2D eigenvalue weighted by molar-refractivity contribution is 0.0963. The molecule has 202 valence electrons. The number of carbonyl (C=O) groups excluding carboxylic acids is 1. The SMILES string of the molecule is CCC[C@H]1CN(CC(=O)c2cc(C(C)(C)C)c(O)c(C(C)(C)C)c2)C(=NBr)[C@@H]1Cc1ccccc1OC. The fourth-order valence-corrected chi connectivity index (χ4v) is 5.93. The highest BCUT2D eigenvalue weighted by Crippen LogP contribution is 2.40. The van der Waals surface area contributed by atoms with Gasteiger partial charge in [0.05, 0.1) is 29.8 Å². The van der Waals surface area contributed by atoms with Gasteiger partial charge in [0.15, 0.2) is 5.78 Å². The molecule has 1 saturated heterocycles. The van der Waals surface area contributed by atoms with Crippen LogP contribution in [0.25, 0.3) is 0 Å². The lowest BCUT2D eigenvalue weighted by Crippen LogP contribution is -2.33. The van der Waals surface area contributed by atoms with E-state index < -0.39 is 0 Å². The number of halogens is 1. The van der Waals surface area contributed by atoms with Crippen LogP contribution in [0.5, 0.6) is 11.5 Å². The number of rotatable bonds is 8. The van der Waals surface area contributed by atoms with Gasteiger partial charge in [0, 0.05) is 29.2 Å². The number of carbonyl (C=O) groups is 1. The molecule has 1 aliphatic rings. The average molecular weight is 572 g/mol. The summed E-state index contributed by atoms with van der Waals surface area (Å²) in [6.07, 6.45) is 2.95. The maximum atomic E-state index is 13.7. The van der Waals surface area contributed by atoms with Gasteiger partial charge in [-0.05, 0) is 53.4 Å². The summed E-state index contributed by atoms with van der Waals surface area (Å²) < 4.78 is 10.1. The minimum Gasteiger partial charge on any atom is -0.507 e. The first kappa shape index (κ1) is 29.2. The molecular weight excluding hydrogens is 528 g/mol. The minimum absolute atomic E-state index is 0.0397. The van der Waals surface area contributed by atoms with Crippen molar-refractivity contribution in [3.8, 4) is 11.5 Å². The Morgan fingerprint density at radius 2 is 1.70 bits per heavy atom. The number of ether oxygens (including phenoxy) is 1. The van der Waals surface area contributed by atoms with Gasteiger partial charge >= 0.3 is 0 Å². The van der Waals surface area contributed by atoms with Crippen molar-refractivity contribution in [2.24, 2.45) is 15.9 Å². The van der Waals surface area contributed by atoms with Gasteiger partial charge in [-0.15, -0.1) is 0 Å². The predicted octanol–water partition coefficient (Wildman–Crippen LogP) is 7.48.